The molecule has 0 atom stereocenters. The standard InChI is InChI=1S/C9H10BrN5O/c10-7-5-14-15-8(7)9(16)11-2-1-6-3-12-13-4-6/h3-5H,1-2H2,(H,11,16)(H,12,13)(H,14,15). The number of nitrogens with zero attached hydrogens (tertiary/aromatic N) is 2. The number of aromatic amines is 2. The van der Waals surface area contributed by atoms with Crippen LogP contribution in [0, 0.1) is 0 Å². The van der Waals surface area contributed by atoms with Gasteiger partial charge in [-0.3, -0.25) is 15.0 Å². The number of rotatable bonds is 4. The number of amides is 1. The molecule has 7 heteroatoms. The van der Waals surface area contributed by atoms with E-state index in [1.165, 1.54) is 0 Å². The third-order valence-corrected chi connectivity index (χ3v) is 2.68. The van der Waals surface area contributed by atoms with Crippen molar-refractivity contribution in [2.75, 3.05) is 6.54 Å². The first-order chi connectivity index (χ1) is 7.77. The zero-order valence-corrected chi connectivity index (χ0v) is 9.91. The quantitative estimate of drug-likeness (QED) is 0.778. The van der Waals surface area contributed by atoms with Gasteiger partial charge in [0.05, 0.1) is 16.9 Å². The van der Waals surface area contributed by atoms with Crippen LogP contribution in [0.5, 0.6) is 0 Å². The van der Waals surface area contributed by atoms with E-state index in [0.29, 0.717) is 16.7 Å². The van der Waals surface area contributed by atoms with E-state index in [1.807, 2.05) is 0 Å². The Morgan fingerprint density at radius 3 is 2.94 bits per heavy atom. The highest BCUT2D eigenvalue weighted by molar-refractivity contribution is 9.10. The maximum absolute atomic E-state index is 11.6. The van der Waals surface area contributed by atoms with Crippen molar-refractivity contribution in [2.45, 2.75) is 6.42 Å². The van der Waals surface area contributed by atoms with E-state index in [0.717, 1.165) is 12.0 Å². The Morgan fingerprint density at radius 2 is 2.31 bits per heavy atom. The van der Waals surface area contributed by atoms with Gasteiger partial charge in [-0.25, -0.2) is 0 Å². The minimum Gasteiger partial charge on any atom is -0.350 e. The summed E-state index contributed by atoms with van der Waals surface area (Å²) >= 11 is 3.23. The van der Waals surface area contributed by atoms with Crippen LogP contribution in [0.1, 0.15) is 16.1 Å². The minimum absolute atomic E-state index is 0.173. The number of halogens is 1. The summed E-state index contributed by atoms with van der Waals surface area (Å²) in [7, 11) is 0. The lowest BCUT2D eigenvalue weighted by atomic mass is 10.2. The van der Waals surface area contributed by atoms with E-state index in [4.69, 9.17) is 0 Å². The number of carbonyl (C=O) groups excluding carboxylic acids is 1. The van der Waals surface area contributed by atoms with Crippen LogP contribution in [0.2, 0.25) is 0 Å². The van der Waals surface area contributed by atoms with Crippen LogP contribution < -0.4 is 5.32 Å². The normalized spacial score (nSPS) is 10.3. The second kappa shape index (κ2) is 4.93. The molecular weight excluding hydrogens is 274 g/mol. The van der Waals surface area contributed by atoms with Crippen molar-refractivity contribution < 1.29 is 4.79 Å². The Balaban J connectivity index is 1.83. The van der Waals surface area contributed by atoms with E-state index in [-0.39, 0.29) is 5.91 Å². The van der Waals surface area contributed by atoms with E-state index in [1.54, 1.807) is 18.6 Å². The summed E-state index contributed by atoms with van der Waals surface area (Å²) < 4.78 is 0.660. The molecule has 0 unspecified atom stereocenters. The molecule has 0 saturated carbocycles. The van der Waals surface area contributed by atoms with E-state index >= 15 is 0 Å². The first kappa shape index (κ1) is 10.9. The number of hydrogen-bond donors (Lipinski definition) is 3. The lowest BCUT2D eigenvalue weighted by molar-refractivity contribution is 0.0948. The van der Waals surface area contributed by atoms with Gasteiger partial charge >= 0.3 is 0 Å². The Kier molecular flexibility index (Phi) is 3.35. The summed E-state index contributed by atoms with van der Waals surface area (Å²) in [6.07, 6.45) is 5.83. The number of aromatic nitrogens is 4. The number of nitrogens with one attached hydrogen (secondary N) is 3. The van der Waals surface area contributed by atoms with Crippen LogP contribution in [0.3, 0.4) is 0 Å². The van der Waals surface area contributed by atoms with Crippen LogP contribution in [-0.4, -0.2) is 32.8 Å². The van der Waals surface area contributed by atoms with Crippen LogP contribution in [-0.2, 0) is 6.42 Å². The van der Waals surface area contributed by atoms with Gasteiger partial charge in [-0.15, -0.1) is 0 Å². The molecule has 2 aromatic heterocycles. The number of H-pyrrole nitrogens is 2. The molecule has 0 aliphatic heterocycles. The predicted molar refractivity (Wildman–Crippen MR) is 60.9 cm³/mol. The Labute approximate surface area is 100.0 Å². The molecule has 3 N–H and O–H groups in total. The van der Waals surface area contributed by atoms with E-state index in [2.05, 4.69) is 41.6 Å². The van der Waals surface area contributed by atoms with Gasteiger partial charge in [0, 0.05) is 12.7 Å². The van der Waals surface area contributed by atoms with Gasteiger partial charge in [0.2, 0.25) is 0 Å². The SMILES string of the molecule is O=C(NCCc1cn[nH]c1)c1[nH]ncc1Br. The lowest BCUT2D eigenvalue weighted by Crippen LogP contribution is -2.26. The molecule has 0 spiro atoms. The molecule has 0 bridgehead atoms. The second-order valence-electron chi connectivity index (χ2n) is 3.21. The van der Waals surface area contributed by atoms with Crippen LogP contribution in [0.25, 0.3) is 0 Å². The fourth-order valence-corrected chi connectivity index (χ4v) is 1.62. The molecule has 0 fully saturated rings. The molecule has 2 aromatic rings. The summed E-state index contributed by atoms with van der Waals surface area (Å²) in [4.78, 5) is 11.6. The lowest BCUT2D eigenvalue weighted by Gasteiger charge is -2.02. The largest absolute Gasteiger partial charge is 0.350 e. The van der Waals surface area contributed by atoms with Gasteiger partial charge in [0.1, 0.15) is 5.69 Å². The van der Waals surface area contributed by atoms with Crippen molar-refractivity contribution in [3.8, 4) is 0 Å². The van der Waals surface area contributed by atoms with Crippen molar-refractivity contribution in [3.05, 3.63) is 34.3 Å². The Bertz CT molecular complexity index is 464. The summed E-state index contributed by atoms with van der Waals surface area (Å²) in [6.45, 7) is 0.559. The van der Waals surface area contributed by atoms with Crippen LogP contribution in [0.4, 0.5) is 0 Å². The van der Waals surface area contributed by atoms with E-state index in [9.17, 15) is 4.79 Å². The van der Waals surface area contributed by atoms with Crippen molar-refractivity contribution in [2.24, 2.45) is 0 Å². The smallest absolute Gasteiger partial charge is 0.270 e. The summed E-state index contributed by atoms with van der Waals surface area (Å²) in [5.41, 5.74) is 1.50. The molecule has 6 nitrogen and oxygen atoms in total. The Hall–Kier alpha value is -1.63. The molecular formula is C9H10BrN5O. The topological polar surface area (TPSA) is 86.5 Å². The Morgan fingerprint density at radius 1 is 1.44 bits per heavy atom. The highest BCUT2D eigenvalue weighted by Crippen LogP contribution is 2.11. The summed E-state index contributed by atoms with van der Waals surface area (Å²) in [5.74, 6) is -0.173. The molecule has 16 heavy (non-hydrogen) atoms. The highest BCUT2D eigenvalue weighted by atomic mass is 79.9. The molecule has 0 radical (unpaired) electrons. The van der Waals surface area contributed by atoms with Gasteiger partial charge in [0.15, 0.2) is 0 Å². The molecule has 0 saturated heterocycles. The fraction of sp³-hybridized carbons (Fsp3) is 0.222. The molecule has 2 heterocycles. The third kappa shape index (κ3) is 2.48. The summed E-state index contributed by atoms with van der Waals surface area (Å²) in [5, 5.41) is 15.7. The van der Waals surface area contributed by atoms with Gasteiger partial charge < -0.3 is 5.32 Å². The van der Waals surface area contributed by atoms with Gasteiger partial charge in [0.25, 0.3) is 5.91 Å². The summed E-state index contributed by atoms with van der Waals surface area (Å²) in [6, 6.07) is 0. The van der Waals surface area contributed by atoms with Crippen LogP contribution in [0.15, 0.2) is 23.1 Å². The van der Waals surface area contributed by atoms with E-state index < -0.39 is 0 Å². The molecule has 84 valence electrons. The zero-order chi connectivity index (χ0) is 11.4. The third-order valence-electron chi connectivity index (χ3n) is 2.07. The average molecular weight is 284 g/mol. The molecule has 0 aliphatic rings. The predicted octanol–water partition coefficient (Wildman–Crippen LogP) is 0.868. The zero-order valence-electron chi connectivity index (χ0n) is 8.33. The molecule has 1 amide bonds. The first-order valence-electron chi connectivity index (χ1n) is 4.72. The fourth-order valence-electron chi connectivity index (χ4n) is 1.25. The second-order valence-corrected chi connectivity index (χ2v) is 4.06. The average Bonchev–Trinajstić information content (AvgIpc) is 2.88. The maximum atomic E-state index is 11.6. The monoisotopic (exact) mass is 283 g/mol. The first-order valence-corrected chi connectivity index (χ1v) is 5.51. The minimum atomic E-state index is -0.173. The highest BCUT2D eigenvalue weighted by Gasteiger charge is 2.10. The van der Waals surface area contributed by atoms with Gasteiger partial charge in [-0.05, 0) is 27.9 Å². The number of hydrogen-bond acceptors (Lipinski definition) is 3. The van der Waals surface area contributed by atoms with Crippen LogP contribution >= 0.6 is 15.9 Å². The number of carbonyl (C=O) groups is 1. The van der Waals surface area contributed by atoms with Crippen molar-refractivity contribution in [3.63, 3.8) is 0 Å². The molecule has 2 rings (SSSR count). The van der Waals surface area contributed by atoms with Crippen molar-refractivity contribution in [1.29, 1.82) is 0 Å². The molecule has 0 aromatic carbocycles. The van der Waals surface area contributed by atoms with Gasteiger partial charge in [-0.2, -0.15) is 10.2 Å². The van der Waals surface area contributed by atoms with Gasteiger partial charge in [-0.1, -0.05) is 0 Å². The molecule has 0 aliphatic carbocycles. The van der Waals surface area contributed by atoms with Crippen molar-refractivity contribution >= 4 is 21.8 Å². The maximum Gasteiger partial charge on any atom is 0.270 e. The van der Waals surface area contributed by atoms with Crippen molar-refractivity contribution in [1.82, 2.24) is 25.7 Å².